The third-order valence-electron chi connectivity index (χ3n) is 3.15. The minimum Gasteiger partial charge on any atom is -0.379 e. The van der Waals surface area contributed by atoms with Gasteiger partial charge in [0.25, 0.3) is 0 Å². The van der Waals surface area contributed by atoms with E-state index in [9.17, 15) is 0 Å². The monoisotopic (exact) mass is 258 g/mol. The molecule has 0 bridgehead atoms. The van der Waals surface area contributed by atoms with E-state index in [0.717, 1.165) is 45.6 Å². The fourth-order valence-corrected chi connectivity index (χ4v) is 2.12. The number of hydrogen-bond donors (Lipinski definition) is 1. The van der Waals surface area contributed by atoms with Crippen LogP contribution in [0, 0.1) is 0 Å². The molecule has 0 aromatic heterocycles. The zero-order chi connectivity index (χ0) is 13.4. The highest BCUT2D eigenvalue weighted by molar-refractivity contribution is 4.75. The second kappa shape index (κ2) is 8.86. The predicted octanol–water partition coefficient (Wildman–Crippen LogP) is 1.50. The minimum absolute atomic E-state index is 0.309. The molecule has 1 N–H and O–H groups in total. The van der Waals surface area contributed by atoms with Crippen LogP contribution >= 0.6 is 0 Å². The van der Waals surface area contributed by atoms with Gasteiger partial charge in [0.05, 0.1) is 18.8 Å². The smallest absolute Gasteiger partial charge is 0.0813 e. The molecule has 1 heterocycles. The first-order chi connectivity index (χ1) is 8.58. The molecule has 108 valence electrons. The van der Waals surface area contributed by atoms with Crippen molar-refractivity contribution < 1.29 is 9.47 Å². The molecule has 2 atom stereocenters. The van der Waals surface area contributed by atoms with Gasteiger partial charge in [-0.05, 0) is 39.9 Å². The van der Waals surface area contributed by atoms with Crippen LogP contribution in [0.5, 0.6) is 0 Å². The molecule has 4 heteroatoms. The van der Waals surface area contributed by atoms with Crippen LogP contribution in [0.2, 0.25) is 0 Å². The number of nitrogens with zero attached hydrogens (tertiary/aromatic N) is 1. The van der Waals surface area contributed by atoms with Crippen LogP contribution in [0.15, 0.2) is 0 Å². The maximum atomic E-state index is 5.94. The van der Waals surface area contributed by atoms with Gasteiger partial charge in [0, 0.05) is 19.2 Å². The highest BCUT2D eigenvalue weighted by Gasteiger charge is 2.24. The van der Waals surface area contributed by atoms with Gasteiger partial charge in [0.15, 0.2) is 0 Å². The van der Waals surface area contributed by atoms with Crippen molar-refractivity contribution in [2.24, 2.45) is 0 Å². The van der Waals surface area contributed by atoms with Gasteiger partial charge >= 0.3 is 0 Å². The number of rotatable bonds is 9. The summed E-state index contributed by atoms with van der Waals surface area (Å²) in [4.78, 5) is 2.18. The molecule has 0 aliphatic carbocycles. The van der Waals surface area contributed by atoms with Crippen LogP contribution in [-0.4, -0.2) is 63.5 Å². The topological polar surface area (TPSA) is 33.7 Å². The van der Waals surface area contributed by atoms with E-state index in [0.29, 0.717) is 18.2 Å². The standard InChI is InChI=1S/C14H30N2O2/c1-12(2)15-10-13-6-7-14(18-13)11-17-9-5-8-16(3)4/h12-15H,5-11H2,1-4H3. The molecule has 0 saturated carbocycles. The Hall–Kier alpha value is -0.160. The molecule has 1 aliphatic rings. The van der Waals surface area contributed by atoms with Crippen LogP contribution in [0.4, 0.5) is 0 Å². The number of hydrogen-bond acceptors (Lipinski definition) is 4. The van der Waals surface area contributed by atoms with E-state index in [1.807, 2.05) is 0 Å². The molecule has 0 radical (unpaired) electrons. The van der Waals surface area contributed by atoms with Crippen molar-refractivity contribution in [2.45, 2.75) is 51.4 Å². The van der Waals surface area contributed by atoms with Crippen molar-refractivity contribution in [1.29, 1.82) is 0 Å². The van der Waals surface area contributed by atoms with Crippen LogP contribution in [0.1, 0.15) is 33.1 Å². The lowest BCUT2D eigenvalue weighted by atomic mass is 10.2. The van der Waals surface area contributed by atoms with Crippen molar-refractivity contribution in [2.75, 3.05) is 40.4 Å². The summed E-state index contributed by atoms with van der Waals surface area (Å²) in [7, 11) is 4.18. The molecule has 1 saturated heterocycles. The van der Waals surface area contributed by atoms with Crippen molar-refractivity contribution in [3.63, 3.8) is 0 Å². The third kappa shape index (κ3) is 7.31. The van der Waals surface area contributed by atoms with Gasteiger partial charge in [0.1, 0.15) is 0 Å². The first kappa shape index (κ1) is 15.9. The minimum atomic E-state index is 0.309. The van der Waals surface area contributed by atoms with Crippen molar-refractivity contribution >= 4 is 0 Å². The Morgan fingerprint density at radius 1 is 1.28 bits per heavy atom. The average Bonchev–Trinajstić information content (AvgIpc) is 2.73. The lowest BCUT2D eigenvalue weighted by Crippen LogP contribution is -2.32. The second-order valence-electron chi connectivity index (χ2n) is 5.75. The Labute approximate surface area is 112 Å². The van der Waals surface area contributed by atoms with Crippen molar-refractivity contribution in [3.05, 3.63) is 0 Å². The van der Waals surface area contributed by atoms with Gasteiger partial charge in [-0.15, -0.1) is 0 Å². The predicted molar refractivity (Wildman–Crippen MR) is 75.0 cm³/mol. The van der Waals surface area contributed by atoms with Gasteiger partial charge in [-0.1, -0.05) is 13.8 Å². The van der Waals surface area contributed by atoms with Gasteiger partial charge < -0.3 is 19.7 Å². The van der Waals surface area contributed by atoms with Crippen molar-refractivity contribution in [3.8, 4) is 0 Å². The molecule has 1 fully saturated rings. The number of ether oxygens (including phenoxy) is 2. The van der Waals surface area contributed by atoms with E-state index in [4.69, 9.17) is 9.47 Å². The third-order valence-corrected chi connectivity index (χ3v) is 3.15. The fourth-order valence-electron chi connectivity index (χ4n) is 2.12. The van der Waals surface area contributed by atoms with E-state index in [-0.39, 0.29) is 0 Å². The molecule has 1 rings (SSSR count). The molecule has 0 spiro atoms. The molecule has 2 unspecified atom stereocenters. The lowest BCUT2D eigenvalue weighted by Gasteiger charge is -2.16. The van der Waals surface area contributed by atoms with Crippen LogP contribution in [0.25, 0.3) is 0 Å². The molecule has 0 amide bonds. The summed E-state index contributed by atoms with van der Waals surface area (Å²) in [5, 5.41) is 3.43. The van der Waals surface area contributed by atoms with E-state index in [1.54, 1.807) is 0 Å². The maximum Gasteiger partial charge on any atom is 0.0813 e. The molecule has 18 heavy (non-hydrogen) atoms. The molecule has 1 aliphatic heterocycles. The van der Waals surface area contributed by atoms with Gasteiger partial charge in [-0.3, -0.25) is 0 Å². The summed E-state index contributed by atoms with van der Waals surface area (Å²) in [6.07, 6.45) is 4.08. The van der Waals surface area contributed by atoms with E-state index in [1.165, 1.54) is 0 Å². The first-order valence-corrected chi connectivity index (χ1v) is 7.19. The highest BCUT2D eigenvalue weighted by atomic mass is 16.5. The summed E-state index contributed by atoms with van der Waals surface area (Å²) < 4.78 is 11.6. The van der Waals surface area contributed by atoms with Crippen LogP contribution < -0.4 is 5.32 Å². The molecular weight excluding hydrogens is 228 g/mol. The van der Waals surface area contributed by atoms with Gasteiger partial charge in [-0.2, -0.15) is 0 Å². The fraction of sp³-hybridized carbons (Fsp3) is 1.00. The Balaban J connectivity index is 1.97. The van der Waals surface area contributed by atoms with Gasteiger partial charge in [-0.25, -0.2) is 0 Å². The van der Waals surface area contributed by atoms with E-state index in [2.05, 4.69) is 38.2 Å². The Kier molecular flexibility index (Phi) is 7.82. The largest absolute Gasteiger partial charge is 0.379 e. The molecule has 0 aromatic carbocycles. The summed E-state index contributed by atoms with van der Waals surface area (Å²) in [5.41, 5.74) is 0. The maximum absolute atomic E-state index is 5.94. The Bertz CT molecular complexity index is 210. The van der Waals surface area contributed by atoms with Gasteiger partial charge in [0.2, 0.25) is 0 Å². The summed E-state index contributed by atoms with van der Waals surface area (Å²) in [6.45, 7) is 7.99. The highest BCUT2D eigenvalue weighted by Crippen LogP contribution is 2.19. The SMILES string of the molecule is CC(C)NCC1CCC(COCCCN(C)C)O1. The van der Waals surface area contributed by atoms with E-state index >= 15 is 0 Å². The van der Waals surface area contributed by atoms with Crippen molar-refractivity contribution in [1.82, 2.24) is 10.2 Å². The molecule has 4 nitrogen and oxygen atoms in total. The lowest BCUT2D eigenvalue weighted by molar-refractivity contribution is -0.0157. The average molecular weight is 258 g/mol. The normalized spacial score (nSPS) is 24.3. The summed E-state index contributed by atoms with van der Waals surface area (Å²) in [6, 6.07) is 0.537. The quantitative estimate of drug-likeness (QED) is 0.636. The summed E-state index contributed by atoms with van der Waals surface area (Å²) in [5.74, 6) is 0. The zero-order valence-electron chi connectivity index (χ0n) is 12.4. The number of nitrogens with one attached hydrogen (secondary N) is 1. The molecule has 0 aromatic rings. The molecular formula is C14H30N2O2. The first-order valence-electron chi connectivity index (χ1n) is 7.19. The Morgan fingerprint density at radius 3 is 2.67 bits per heavy atom. The summed E-state index contributed by atoms with van der Waals surface area (Å²) >= 11 is 0. The van der Waals surface area contributed by atoms with Crippen LogP contribution in [0.3, 0.4) is 0 Å². The Morgan fingerprint density at radius 2 is 2.00 bits per heavy atom. The van der Waals surface area contributed by atoms with E-state index < -0.39 is 0 Å². The second-order valence-corrected chi connectivity index (χ2v) is 5.75. The van der Waals surface area contributed by atoms with Crippen LogP contribution in [-0.2, 0) is 9.47 Å². The zero-order valence-corrected chi connectivity index (χ0v) is 12.4.